The van der Waals surface area contributed by atoms with Crippen LogP contribution in [0.15, 0.2) is 64.2 Å². The minimum absolute atomic E-state index is 0.169. The molecule has 4 heteroatoms. The maximum atomic E-state index is 10.5. The van der Waals surface area contributed by atoms with Crippen LogP contribution in [0.2, 0.25) is 0 Å². The average molecular weight is 313 g/mol. The first-order chi connectivity index (χ1) is 10.8. The van der Waals surface area contributed by atoms with Gasteiger partial charge >= 0.3 is 0 Å². The second kappa shape index (κ2) is 6.99. The van der Waals surface area contributed by atoms with Crippen LogP contribution in [0.25, 0.3) is 11.1 Å². The van der Waals surface area contributed by atoms with E-state index in [-0.39, 0.29) is 5.92 Å². The highest BCUT2D eigenvalue weighted by Gasteiger charge is 2.20. The molecule has 1 aromatic heterocycles. The number of para-hydroxylation sites is 2. The van der Waals surface area contributed by atoms with Gasteiger partial charge in [-0.2, -0.15) is 0 Å². The Morgan fingerprint density at radius 3 is 2.55 bits per heavy atom. The number of benzene rings is 2. The highest BCUT2D eigenvalue weighted by Crippen LogP contribution is 2.31. The summed E-state index contributed by atoms with van der Waals surface area (Å²) in [6.07, 6.45) is 0.451. The van der Waals surface area contributed by atoms with Crippen LogP contribution in [-0.2, 0) is 0 Å². The maximum Gasteiger partial charge on any atom is 0.256 e. The first-order valence-electron chi connectivity index (χ1n) is 7.49. The molecular formula is C18H19NO2S. The van der Waals surface area contributed by atoms with E-state index >= 15 is 0 Å². The van der Waals surface area contributed by atoms with Gasteiger partial charge in [-0.3, -0.25) is 0 Å². The van der Waals surface area contributed by atoms with Gasteiger partial charge in [-0.15, -0.1) is 0 Å². The van der Waals surface area contributed by atoms with Crippen molar-refractivity contribution in [2.75, 3.05) is 5.75 Å². The van der Waals surface area contributed by atoms with Crippen LogP contribution in [0.4, 0.5) is 0 Å². The van der Waals surface area contributed by atoms with Crippen molar-refractivity contribution < 1.29 is 9.52 Å². The van der Waals surface area contributed by atoms with Crippen LogP contribution in [0.5, 0.6) is 0 Å². The molecule has 0 unspecified atom stereocenters. The lowest BCUT2D eigenvalue weighted by Gasteiger charge is -2.20. The number of nitrogens with zero attached hydrogens (tertiary/aromatic N) is 1. The van der Waals surface area contributed by atoms with Crippen molar-refractivity contribution in [1.82, 2.24) is 4.98 Å². The fraction of sp³-hybridized carbons (Fsp3) is 0.278. The summed E-state index contributed by atoms with van der Waals surface area (Å²) >= 11 is 1.56. The average Bonchev–Trinajstić information content (AvgIpc) is 2.99. The fourth-order valence-corrected chi connectivity index (χ4v) is 3.53. The lowest BCUT2D eigenvalue weighted by Crippen LogP contribution is -2.14. The molecule has 0 amide bonds. The fourth-order valence-electron chi connectivity index (χ4n) is 2.45. The lowest BCUT2D eigenvalue weighted by atomic mass is 9.95. The molecule has 0 radical (unpaired) electrons. The summed E-state index contributed by atoms with van der Waals surface area (Å²) in [5.41, 5.74) is 2.65. The third kappa shape index (κ3) is 3.34. The monoisotopic (exact) mass is 313 g/mol. The van der Waals surface area contributed by atoms with Gasteiger partial charge in [0.25, 0.3) is 5.22 Å². The van der Waals surface area contributed by atoms with Gasteiger partial charge in [0.05, 0.1) is 6.10 Å². The van der Waals surface area contributed by atoms with Gasteiger partial charge in [-0.1, -0.05) is 61.2 Å². The van der Waals surface area contributed by atoms with E-state index in [1.54, 1.807) is 11.8 Å². The maximum absolute atomic E-state index is 10.5. The standard InChI is InChI=1S/C18H19NO2S/c1-2-13(17(20)14-8-4-3-5-9-14)12-22-18-19-15-10-6-7-11-16(15)21-18/h3-11,13,17,20H,2,12H2,1H3/t13-,17-/m1/s1. The molecule has 0 bridgehead atoms. The van der Waals surface area contributed by atoms with Crippen molar-refractivity contribution in [3.05, 3.63) is 60.2 Å². The van der Waals surface area contributed by atoms with Crippen molar-refractivity contribution >= 4 is 22.9 Å². The molecule has 0 fully saturated rings. The Morgan fingerprint density at radius 2 is 1.82 bits per heavy atom. The van der Waals surface area contributed by atoms with Crippen molar-refractivity contribution in [3.63, 3.8) is 0 Å². The third-order valence-corrected chi connectivity index (χ3v) is 4.82. The van der Waals surface area contributed by atoms with Gasteiger partial charge in [0.15, 0.2) is 5.58 Å². The van der Waals surface area contributed by atoms with Gasteiger partial charge in [0.1, 0.15) is 5.52 Å². The SMILES string of the molecule is CC[C@H](CSc1nc2ccccc2o1)[C@@H](O)c1ccccc1. The normalized spacial score (nSPS) is 14.1. The minimum atomic E-state index is -0.455. The van der Waals surface area contributed by atoms with E-state index in [1.165, 1.54) is 0 Å². The summed E-state index contributed by atoms with van der Waals surface area (Å²) in [4.78, 5) is 4.47. The number of hydrogen-bond acceptors (Lipinski definition) is 4. The molecule has 0 saturated heterocycles. The molecular weight excluding hydrogens is 294 g/mol. The van der Waals surface area contributed by atoms with Crippen molar-refractivity contribution in [2.45, 2.75) is 24.7 Å². The van der Waals surface area contributed by atoms with Crippen LogP contribution in [0, 0.1) is 5.92 Å². The minimum Gasteiger partial charge on any atom is -0.431 e. The second-order valence-electron chi connectivity index (χ2n) is 5.28. The Hall–Kier alpha value is -1.78. The lowest BCUT2D eigenvalue weighted by molar-refractivity contribution is 0.118. The predicted molar refractivity (Wildman–Crippen MR) is 89.9 cm³/mol. The summed E-state index contributed by atoms with van der Waals surface area (Å²) < 4.78 is 5.72. The Morgan fingerprint density at radius 1 is 1.09 bits per heavy atom. The zero-order valence-electron chi connectivity index (χ0n) is 12.5. The second-order valence-corrected chi connectivity index (χ2v) is 6.25. The molecule has 0 aliphatic heterocycles. The third-order valence-electron chi connectivity index (χ3n) is 3.81. The van der Waals surface area contributed by atoms with Crippen molar-refractivity contribution in [2.24, 2.45) is 5.92 Å². The van der Waals surface area contributed by atoms with E-state index in [2.05, 4.69) is 11.9 Å². The first kappa shape index (κ1) is 15.1. The molecule has 0 spiro atoms. The van der Waals surface area contributed by atoms with Gasteiger partial charge in [-0.05, 0) is 30.0 Å². The highest BCUT2D eigenvalue weighted by atomic mass is 32.2. The largest absolute Gasteiger partial charge is 0.431 e. The van der Waals surface area contributed by atoms with Gasteiger partial charge in [0, 0.05) is 5.75 Å². The van der Waals surface area contributed by atoms with E-state index in [0.717, 1.165) is 28.8 Å². The van der Waals surface area contributed by atoms with Crippen LogP contribution < -0.4 is 0 Å². The van der Waals surface area contributed by atoms with E-state index < -0.39 is 6.10 Å². The Bertz CT molecular complexity index is 693. The van der Waals surface area contributed by atoms with E-state index in [0.29, 0.717) is 5.22 Å². The van der Waals surface area contributed by atoms with E-state index in [4.69, 9.17) is 4.42 Å². The Kier molecular flexibility index (Phi) is 4.80. The molecule has 3 aromatic rings. The van der Waals surface area contributed by atoms with Crippen LogP contribution in [0.3, 0.4) is 0 Å². The summed E-state index contributed by atoms with van der Waals surface area (Å²) in [5.74, 6) is 0.946. The molecule has 1 N–H and O–H groups in total. The zero-order chi connectivity index (χ0) is 15.4. The predicted octanol–water partition coefficient (Wildman–Crippen LogP) is 4.68. The van der Waals surface area contributed by atoms with Gasteiger partial charge in [0.2, 0.25) is 0 Å². The molecule has 2 aromatic carbocycles. The Balaban J connectivity index is 1.68. The summed E-state index contributed by atoms with van der Waals surface area (Å²) in [5, 5.41) is 11.2. The molecule has 2 atom stereocenters. The van der Waals surface area contributed by atoms with Gasteiger partial charge in [-0.25, -0.2) is 4.98 Å². The molecule has 3 nitrogen and oxygen atoms in total. The number of aliphatic hydroxyl groups excluding tert-OH is 1. The smallest absolute Gasteiger partial charge is 0.256 e. The molecule has 3 rings (SSSR count). The number of aromatic nitrogens is 1. The molecule has 0 aliphatic rings. The number of oxazole rings is 1. The van der Waals surface area contributed by atoms with E-state index in [9.17, 15) is 5.11 Å². The number of aliphatic hydroxyl groups is 1. The van der Waals surface area contributed by atoms with Crippen molar-refractivity contribution in [1.29, 1.82) is 0 Å². The molecule has 1 heterocycles. The number of fused-ring (bicyclic) bond motifs is 1. The first-order valence-corrected chi connectivity index (χ1v) is 8.48. The highest BCUT2D eigenvalue weighted by molar-refractivity contribution is 7.99. The summed E-state index contributed by atoms with van der Waals surface area (Å²) in [6, 6.07) is 17.6. The number of hydrogen-bond donors (Lipinski definition) is 1. The summed E-state index contributed by atoms with van der Waals surface area (Å²) in [7, 11) is 0. The Labute approximate surface area is 134 Å². The quantitative estimate of drug-likeness (QED) is 0.671. The molecule has 0 saturated carbocycles. The van der Waals surface area contributed by atoms with Gasteiger partial charge < -0.3 is 9.52 Å². The molecule has 114 valence electrons. The van der Waals surface area contributed by atoms with Crippen LogP contribution >= 0.6 is 11.8 Å². The topological polar surface area (TPSA) is 46.3 Å². The number of rotatable bonds is 6. The number of thioether (sulfide) groups is 1. The zero-order valence-corrected chi connectivity index (χ0v) is 13.3. The van der Waals surface area contributed by atoms with Crippen LogP contribution in [0.1, 0.15) is 25.0 Å². The van der Waals surface area contributed by atoms with Crippen LogP contribution in [-0.4, -0.2) is 15.8 Å². The summed E-state index contributed by atoms with van der Waals surface area (Å²) in [6.45, 7) is 2.10. The van der Waals surface area contributed by atoms with E-state index in [1.807, 2.05) is 54.6 Å². The molecule has 22 heavy (non-hydrogen) atoms. The van der Waals surface area contributed by atoms with Crippen molar-refractivity contribution in [3.8, 4) is 0 Å². The molecule has 0 aliphatic carbocycles.